The summed E-state index contributed by atoms with van der Waals surface area (Å²) in [7, 11) is 0. The Kier molecular flexibility index (Phi) is 4.73. The van der Waals surface area contributed by atoms with Gasteiger partial charge in [0.25, 0.3) is 0 Å². The molecule has 0 saturated carbocycles. The van der Waals surface area contributed by atoms with E-state index in [-0.39, 0.29) is 17.7 Å². The summed E-state index contributed by atoms with van der Waals surface area (Å²) < 4.78 is 0. The third-order valence-corrected chi connectivity index (χ3v) is 2.90. The van der Waals surface area contributed by atoms with Crippen molar-refractivity contribution in [2.45, 2.75) is 32.7 Å². The summed E-state index contributed by atoms with van der Waals surface area (Å²) in [4.78, 5) is 22.7. The predicted molar refractivity (Wildman–Crippen MR) is 60.0 cm³/mol. The van der Waals surface area contributed by atoms with Crippen LogP contribution in [0.15, 0.2) is 0 Å². The van der Waals surface area contributed by atoms with Crippen LogP contribution < -0.4 is 10.6 Å². The number of hydrogen-bond acceptors (Lipinski definition) is 3. The molecule has 3 N–H and O–H groups in total. The lowest BCUT2D eigenvalue weighted by Gasteiger charge is -2.25. The van der Waals surface area contributed by atoms with E-state index in [4.69, 9.17) is 5.11 Å². The standard InChI is InChI=1S/C11H20N2O3/c1-7(2)9(11(15)16)13-10(14)8-4-3-5-12-6-8/h7-9,12H,3-6H2,1-2H3,(H,13,14)(H,15,16)/t8-,9-/m0/s1. The zero-order valence-electron chi connectivity index (χ0n) is 9.82. The van der Waals surface area contributed by atoms with Gasteiger partial charge in [-0.3, -0.25) is 4.79 Å². The van der Waals surface area contributed by atoms with Gasteiger partial charge < -0.3 is 15.7 Å². The van der Waals surface area contributed by atoms with Crippen molar-refractivity contribution in [2.24, 2.45) is 11.8 Å². The van der Waals surface area contributed by atoms with Crippen molar-refractivity contribution in [3.05, 3.63) is 0 Å². The highest BCUT2D eigenvalue weighted by Gasteiger charge is 2.28. The molecule has 0 radical (unpaired) electrons. The summed E-state index contributed by atoms with van der Waals surface area (Å²) in [5.74, 6) is -1.30. The second-order valence-electron chi connectivity index (χ2n) is 4.61. The Bertz CT molecular complexity index is 260. The third-order valence-electron chi connectivity index (χ3n) is 2.90. The van der Waals surface area contributed by atoms with Gasteiger partial charge in [0.1, 0.15) is 6.04 Å². The van der Waals surface area contributed by atoms with Crippen molar-refractivity contribution < 1.29 is 14.7 Å². The number of aliphatic carboxylic acids is 1. The second-order valence-corrected chi connectivity index (χ2v) is 4.61. The minimum Gasteiger partial charge on any atom is -0.480 e. The van der Waals surface area contributed by atoms with E-state index in [1.165, 1.54) is 0 Å². The van der Waals surface area contributed by atoms with Gasteiger partial charge in [0.15, 0.2) is 0 Å². The minimum atomic E-state index is -0.966. The van der Waals surface area contributed by atoms with Crippen LogP contribution in [0.4, 0.5) is 0 Å². The molecule has 1 aliphatic heterocycles. The van der Waals surface area contributed by atoms with Crippen molar-refractivity contribution in [3.63, 3.8) is 0 Å². The van der Waals surface area contributed by atoms with Crippen LogP contribution in [0.25, 0.3) is 0 Å². The van der Waals surface area contributed by atoms with E-state index < -0.39 is 12.0 Å². The van der Waals surface area contributed by atoms with Crippen LogP contribution in [0.3, 0.4) is 0 Å². The Labute approximate surface area is 95.6 Å². The molecule has 5 heteroatoms. The van der Waals surface area contributed by atoms with E-state index in [1.54, 1.807) is 13.8 Å². The smallest absolute Gasteiger partial charge is 0.326 e. The molecule has 0 aliphatic carbocycles. The summed E-state index contributed by atoms with van der Waals surface area (Å²) in [6.07, 6.45) is 1.81. The maximum Gasteiger partial charge on any atom is 0.326 e. The molecule has 0 aromatic rings. The normalized spacial score (nSPS) is 22.8. The molecule has 1 rings (SSSR count). The number of piperidine rings is 1. The monoisotopic (exact) mass is 228 g/mol. The molecule has 0 aromatic heterocycles. The molecule has 0 bridgehead atoms. The molecule has 1 aliphatic rings. The third kappa shape index (κ3) is 3.48. The van der Waals surface area contributed by atoms with Crippen molar-refractivity contribution in [1.82, 2.24) is 10.6 Å². The van der Waals surface area contributed by atoms with Gasteiger partial charge >= 0.3 is 5.97 Å². The van der Waals surface area contributed by atoms with Gasteiger partial charge in [-0.25, -0.2) is 4.79 Å². The first-order valence-corrected chi connectivity index (χ1v) is 5.76. The quantitative estimate of drug-likeness (QED) is 0.643. The first-order valence-electron chi connectivity index (χ1n) is 5.76. The van der Waals surface area contributed by atoms with Crippen LogP contribution in [0, 0.1) is 11.8 Å². The summed E-state index contributed by atoms with van der Waals surface area (Å²) in [5.41, 5.74) is 0. The lowest BCUT2D eigenvalue weighted by atomic mass is 9.97. The fourth-order valence-electron chi connectivity index (χ4n) is 1.86. The molecule has 1 saturated heterocycles. The van der Waals surface area contributed by atoms with Crippen LogP contribution in [0.1, 0.15) is 26.7 Å². The van der Waals surface area contributed by atoms with E-state index in [1.807, 2.05) is 0 Å². The molecular formula is C11H20N2O3. The molecule has 0 spiro atoms. The molecule has 0 aromatic carbocycles. The summed E-state index contributed by atoms with van der Waals surface area (Å²) in [6.45, 7) is 5.17. The largest absolute Gasteiger partial charge is 0.480 e. The zero-order valence-corrected chi connectivity index (χ0v) is 9.82. The second kappa shape index (κ2) is 5.84. The summed E-state index contributed by atoms with van der Waals surface area (Å²) in [5, 5.41) is 14.7. The number of carbonyl (C=O) groups is 2. The maximum atomic E-state index is 11.8. The fourth-order valence-corrected chi connectivity index (χ4v) is 1.86. The maximum absolute atomic E-state index is 11.8. The van der Waals surface area contributed by atoms with E-state index in [0.29, 0.717) is 6.54 Å². The van der Waals surface area contributed by atoms with Gasteiger partial charge in [-0.15, -0.1) is 0 Å². The molecule has 1 amide bonds. The number of nitrogens with one attached hydrogen (secondary N) is 2. The van der Waals surface area contributed by atoms with Crippen LogP contribution in [0.5, 0.6) is 0 Å². The molecule has 5 nitrogen and oxygen atoms in total. The average Bonchev–Trinajstić information content (AvgIpc) is 2.25. The van der Waals surface area contributed by atoms with Crippen molar-refractivity contribution in [3.8, 4) is 0 Å². The van der Waals surface area contributed by atoms with Gasteiger partial charge in [-0.1, -0.05) is 13.8 Å². The Morgan fingerprint density at radius 3 is 2.56 bits per heavy atom. The van der Waals surface area contributed by atoms with Crippen LogP contribution in [0.2, 0.25) is 0 Å². The highest BCUT2D eigenvalue weighted by molar-refractivity contribution is 5.85. The number of rotatable bonds is 4. The van der Waals surface area contributed by atoms with Gasteiger partial charge in [0.05, 0.1) is 5.92 Å². The lowest BCUT2D eigenvalue weighted by Crippen LogP contribution is -2.49. The summed E-state index contributed by atoms with van der Waals surface area (Å²) in [6, 6.07) is -0.783. The average molecular weight is 228 g/mol. The van der Waals surface area contributed by atoms with Gasteiger partial charge in [-0.2, -0.15) is 0 Å². The number of hydrogen-bond donors (Lipinski definition) is 3. The molecule has 1 fully saturated rings. The first-order chi connectivity index (χ1) is 7.52. The first kappa shape index (κ1) is 13.0. The van der Waals surface area contributed by atoms with Gasteiger partial charge in [-0.05, 0) is 25.3 Å². The van der Waals surface area contributed by atoms with Crippen LogP contribution in [-0.2, 0) is 9.59 Å². The number of amides is 1. The number of carboxylic acids is 1. The zero-order chi connectivity index (χ0) is 12.1. The Morgan fingerprint density at radius 1 is 1.44 bits per heavy atom. The molecule has 0 unspecified atom stereocenters. The van der Waals surface area contributed by atoms with Gasteiger partial charge in [0.2, 0.25) is 5.91 Å². The van der Waals surface area contributed by atoms with E-state index in [2.05, 4.69) is 10.6 Å². The number of carbonyl (C=O) groups excluding carboxylic acids is 1. The van der Waals surface area contributed by atoms with Crippen LogP contribution >= 0.6 is 0 Å². The summed E-state index contributed by atoms with van der Waals surface area (Å²) >= 11 is 0. The predicted octanol–water partition coefficient (Wildman–Crippen LogP) is 0.211. The lowest BCUT2D eigenvalue weighted by molar-refractivity contribution is -0.143. The van der Waals surface area contributed by atoms with Crippen LogP contribution in [-0.4, -0.2) is 36.1 Å². The van der Waals surface area contributed by atoms with Gasteiger partial charge in [0, 0.05) is 6.54 Å². The Morgan fingerprint density at radius 2 is 2.12 bits per heavy atom. The van der Waals surface area contributed by atoms with Crippen molar-refractivity contribution in [1.29, 1.82) is 0 Å². The highest BCUT2D eigenvalue weighted by atomic mass is 16.4. The fraction of sp³-hybridized carbons (Fsp3) is 0.818. The van der Waals surface area contributed by atoms with E-state index in [0.717, 1.165) is 19.4 Å². The molecule has 2 atom stereocenters. The molecule has 16 heavy (non-hydrogen) atoms. The number of carboxylic acid groups (broad SMARTS) is 1. The Balaban J connectivity index is 2.50. The highest BCUT2D eigenvalue weighted by Crippen LogP contribution is 2.11. The molecule has 92 valence electrons. The van der Waals surface area contributed by atoms with E-state index in [9.17, 15) is 9.59 Å². The Hall–Kier alpha value is -1.10. The van der Waals surface area contributed by atoms with Crippen molar-refractivity contribution in [2.75, 3.05) is 13.1 Å². The molecule has 1 heterocycles. The van der Waals surface area contributed by atoms with E-state index >= 15 is 0 Å². The SMILES string of the molecule is CC(C)[C@H](NC(=O)[C@H]1CCCNC1)C(=O)O. The van der Waals surface area contributed by atoms with Crippen molar-refractivity contribution >= 4 is 11.9 Å². The topological polar surface area (TPSA) is 78.4 Å². The minimum absolute atomic E-state index is 0.0886. The molecular weight excluding hydrogens is 208 g/mol.